The summed E-state index contributed by atoms with van der Waals surface area (Å²) < 4.78 is 29.9. The summed E-state index contributed by atoms with van der Waals surface area (Å²) in [5, 5.41) is 11.5. The average molecular weight is 385 g/mol. The predicted molar refractivity (Wildman–Crippen MR) is 98.4 cm³/mol. The number of hydrogen-bond donors (Lipinski definition) is 0. The fourth-order valence-corrected chi connectivity index (χ4v) is 2.57. The molecular formula is C19H28FNO6. The summed E-state index contributed by atoms with van der Waals surface area (Å²) in [5.74, 6) is -1.54. The molecule has 1 aromatic carbocycles. The summed E-state index contributed by atoms with van der Waals surface area (Å²) in [6, 6.07) is 1.95. The van der Waals surface area contributed by atoms with E-state index in [1.54, 1.807) is 20.8 Å². The molecule has 1 aliphatic heterocycles. The first-order valence-electron chi connectivity index (χ1n) is 9.09. The van der Waals surface area contributed by atoms with Gasteiger partial charge >= 0.3 is 11.7 Å². The van der Waals surface area contributed by atoms with E-state index < -0.39 is 34.4 Å². The van der Waals surface area contributed by atoms with Gasteiger partial charge in [-0.25, -0.2) is 4.39 Å². The van der Waals surface area contributed by atoms with Crippen LogP contribution in [-0.4, -0.2) is 35.8 Å². The zero-order valence-corrected chi connectivity index (χ0v) is 16.5. The first-order chi connectivity index (χ1) is 12.7. The van der Waals surface area contributed by atoms with Crippen LogP contribution in [0.1, 0.15) is 53.0 Å². The van der Waals surface area contributed by atoms with E-state index in [0.29, 0.717) is 26.1 Å². The molecule has 0 amide bonds. The summed E-state index contributed by atoms with van der Waals surface area (Å²) >= 11 is 0. The summed E-state index contributed by atoms with van der Waals surface area (Å²) in [6.07, 6.45) is 0.434. The predicted octanol–water partition coefficient (Wildman–Crippen LogP) is 4.20. The number of benzene rings is 1. The molecule has 27 heavy (non-hydrogen) atoms. The van der Waals surface area contributed by atoms with Gasteiger partial charge in [-0.1, -0.05) is 13.8 Å². The van der Waals surface area contributed by atoms with Crippen molar-refractivity contribution in [1.29, 1.82) is 0 Å². The molecule has 7 nitrogen and oxygen atoms in total. The van der Waals surface area contributed by atoms with Gasteiger partial charge in [0.05, 0.1) is 24.6 Å². The van der Waals surface area contributed by atoms with E-state index in [-0.39, 0.29) is 17.4 Å². The number of ether oxygens (including phenoxy) is 3. The maximum Gasteiger partial charge on any atom is 0.314 e. The van der Waals surface area contributed by atoms with Crippen molar-refractivity contribution in [3.63, 3.8) is 0 Å². The lowest BCUT2D eigenvalue weighted by Gasteiger charge is -2.23. The maximum atomic E-state index is 13.9. The molecule has 8 heteroatoms. The van der Waals surface area contributed by atoms with Crippen molar-refractivity contribution in [2.24, 2.45) is 0 Å². The van der Waals surface area contributed by atoms with E-state index in [0.717, 1.165) is 12.1 Å². The number of halogens is 1. The second-order valence-electron chi connectivity index (χ2n) is 6.86. The summed E-state index contributed by atoms with van der Waals surface area (Å²) in [7, 11) is 0. The van der Waals surface area contributed by atoms with Crippen LogP contribution in [-0.2, 0) is 20.7 Å². The van der Waals surface area contributed by atoms with Crippen LogP contribution in [0.5, 0.6) is 5.75 Å². The van der Waals surface area contributed by atoms with Gasteiger partial charge in [-0.15, -0.1) is 0 Å². The number of nitro benzene ring substituents is 1. The number of nitrogens with zero attached hydrogens (tertiary/aromatic N) is 1. The summed E-state index contributed by atoms with van der Waals surface area (Å²) in [6.45, 7) is 10.0. The second kappa shape index (κ2) is 10.2. The Kier molecular flexibility index (Phi) is 8.62. The highest BCUT2D eigenvalue weighted by atomic mass is 19.1. The zero-order chi connectivity index (χ0) is 20.6. The first-order valence-corrected chi connectivity index (χ1v) is 9.09. The van der Waals surface area contributed by atoms with Crippen molar-refractivity contribution < 1.29 is 28.3 Å². The van der Waals surface area contributed by atoms with E-state index in [9.17, 15) is 19.3 Å². The Morgan fingerprint density at radius 2 is 1.89 bits per heavy atom. The van der Waals surface area contributed by atoms with E-state index in [1.807, 2.05) is 13.8 Å². The molecule has 1 aromatic rings. The lowest BCUT2D eigenvalue weighted by molar-refractivity contribution is -0.386. The summed E-state index contributed by atoms with van der Waals surface area (Å²) in [5.41, 5.74) is -1.21. The maximum absolute atomic E-state index is 13.9. The van der Waals surface area contributed by atoms with E-state index in [1.165, 1.54) is 0 Å². The molecule has 0 unspecified atom stereocenters. The van der Waals surface area contributed by atoms with Crippen molar-refractivity contribution in [3.8, 4) is 5.75 Å². The third-order valence-electron chi connectivity index (χ3n) is 3.52. The first kappa shape index (κ1) is 22.8. The molecule has 1 heterocycles. The molecule has 0 spiro atoms. The van der Waals surface area contributed by atoms with Crippen LogP contribution in [0, 0.1) is 15.9 Å². The second-order valence-corrected chi connectivity index (χ2v) is 6.86. The minimum absolute atomic E-state index is 0.0682. The Morgan fingerprint density at radius 3 is 2.41 bits per heavy atom. The van der Waals surface area contributed by atoms with Gasteiger partial charge in [-0.2, -0.15) is 0 Å². The van der Waals surface area contributed by atoms with Gasteiger partial charge in [0.1, 0.15) is 17.5 Å². The van der Waals surface area contributed by atoms with Gasteiger partial charge in [0.25, 0.3) is 0 Å². The highest BCUT2D eigenvalue weighted by molar-refractivity contribution is 5.75. The Balaban J connectivity index is 0.00000176. The topological polar surface area (TPSA) is 87.9 Å². The van der Waals surface area contributed by atoms with Crippen LogP contribution < -0.4 is 4.74 Å². The molecule has 152 valence electrons. The number of carbonyl (C=O) groups is 1. The van der Waals surface area contributed by atoms with Crippen LogP contribution in [0.4, 0.5) is 10.1 Å². The lowest BCUT2D eigenvalue weighted by Crippen LogP contribution is -2.27. The summed E-state index contributed by atoms with van der Waals surface area (Å²) in [4.78, 5) is 22.8. The smallest absolute Gasteiger partial charge is 0.314 e. The van der Waals surface area contributed by atoms with Crippen molar-refractivity contribution in [3.05, 3.63) is 33.6 Å². The molecule has 0 saturated carbocycles. The van der Waals surface area contributed by atoms with Gasteiger partial charge in [0.2, 0.25) is 5.75 Å². The number of rotatable bonds is 5. The molecule has 0 radical (unpaired) electrons. The molecule has 0 N–H and O–H groups in total. The molecule has 1 aliphatic rings. The molecular weight excluding hydrogens is 357 g/mol. The van der Waals surface area contributed by atoms with Crippen LogP contribution >= 0.6 is 0 Å². The SMILES string of the molecule is CC.CC(C)(C)OC(=O)Cc1cc(F)cc(OC2CCOCC2)c1[N+](=O)[O-]. The normalized spacial score (nSPS) is 14.7. The van der Waals surface area contributed by atoms with Crippen molar-refractivity contribution in [2.45, 2.75) is 65.6 Å². The van der Waals surface area contributed by atoms with Crippen LogP contribution in [0.25, 0.3) is 0 Å². The van der Waals surface area contributed by atoms with Crippen molar-refractivity contribution >= 4 is 11.7 Å². The molecule has 2 rings (SSSR count). The third kappa shape index (κ3) is 7.50. The van der Waals surface area contributed by atoms with Crippen molar-refractivity contribution in [2.75, 3.05) is 13.2 Å². The Labute approximate surface area is 158 Å². The number of carbonyl (C=O) groups excluding carboxylic acids is 1. The van der Waals surface area contributed by atoms with E-state index in [2.05, 4.69) is 0 Å². The van der Waals surface area contributed by atoms with Gasteiger partial charge in [0, 0.05) is 24.5 Å². The molecule has 1 fully saturated rings. The Hall–Kier alpha value is -2.22. The average Bonchev–Trinajstić information content (AvgIpc) is 2.55. The Morgan fingerprint density at radius 1 is 1.30 bits per heavy atom. The van der Waals surface area contributed by atoms with Crippen LogP contribution in [0.3, 0.4) is 0 Å². The minimum Gasteiger partial charge on any atom is -0.483 e. The quantitative estimate of drug-likeness (QED) is 0.429. The van der Waals surface area contributed by atoms with Crippen molar-refractivity contribution in [1.82, 2.24) is 0 Å². The zero-order valence-electron chi connectivity index (χ0n) is 16.5. The molecule has 0 bridgehead atoms. The lowest BCUT2D eigenvalue weighted by atomic mass is 10.1. The minimum atomic E-state index is -0.736. The van der Waals surface area contributed by atoms with E-state index in [4.69, 9.17) is 14.2 Å². The van der Waals surface area contributed by atoms with Crippen LogP contribution in [0.2, 0.25) is 0 Å². The van der Waals surface area contributed by atoms with Gasteiger partial charge in [0.15, 0.2) is 0 Å². The largest absolute Gasteiger partial charge is 0.483 e. The molecule has 0 aromatic heterocycles. The third-order valence-corrected chi connectivity index (χ3v) is 3.52. The monoisotopic (exact) mass is 385 g/mol. The van der Waals surface area contributed by atoms with Gasteiger partial charge < -0.3 is 14.2 Å². The van der Waals surface area contributed by atoms with E-state index >= 15 is 0 Å². The number of hydrogen-bond acceptors (Lipinski definition) is 6. The fourth-order valence-electron chi connectivity index (χ4n) is 2.57. The molecule has 0 aliphatic carbocycles. The highest BCUT2D eigenvalue weighted by Crippen LogP contribution is 2.34. The fraction of sp³-hybridized carbons (Fsp3) is 0.632. The molecule has 0 atom stereocenters. The Bertz CT molecular complexity index is 650. The van der Waals surface area contributed by atoms with Gasteiger partial charge in [-0.3, -0.25) is 14.9 Å². The number of nitro groups is 1. The van der Waals surface area contributed by atoms with Gasteiger partial charge in [-0.05, 0) is 26.8 Å². The standard InChI is InChI=1S/C17H22FNO6.C2H6/c1-17(2,3)25-15(20)9-11-8-12(18)10-14(16(11)19(21)22)24-13-4-6-23-7-5-13;1-2/h8,10,13H,4-7,9H2,1-3H3;1-2H3. The highest BCUT2D eigenvalue weighted by Gasteiger charge is 2.28. The molecule has 1 saturated heterocycles. The van der Waals surface area contributed by atoms with Crippen LogP contribution in [0.15, 0.2) is 12.1 Å². The number of esters is 1.